The maximum Gasteiger partial charge on any atom is 0.128 e. The number of nitrogens with zero attached hydrogens (tertiary/aromatic N) is 1. The standard InChI is InChI=1S/C14H20N2O/c1-6-7-11(3)15-9-13-12(4)14(17-5)10(2)8-16-13/h1,8,11,15H,7,9H2,2-5H3. The van der Waals surface area contributed by atoms with Gasteiger partial charge in [-0.15, -0.1) is 12.3 Å². The number of methoxy groups -OCH3 is 1. The van der Waals surface area contributed by atoms with E-state index in [0.717, 1.165) is 29.0 Å². The summed E-state index contributed by atoms with van der Waals surface area (Å²) in [5.74, 6) is 3.56. The average molecular weight is 232 g/mol. The van der Waals surface area contributed by atoms with Gasteiger partial charge in [0.05, 0.1) is 12.8 Å². The summed E-state index contributed by atoms with van der Waals surface area (Å²) in [6.07, 6.45) is 7.83. The van der Waals surface area contributed by atoms with Gasteiger partial charge in [0, 0.05) is 36.3 Å². The van der Waals surface area contributed by atoms with Crippen molar-refractivity contribution in [2.45, 2.75) is 39.8 Å². The molecule has 0 amide bonds. The molecule has 0 bridgehead atoms. The Morgan fingerprint density at radius 3 is 2.82 bits per heavy atom. The first-order valence-electron chi connectivity index (χ1n) is 5.76. The Morgan fingerprint density at radius 1 is 1.53 bits per heavy atom. The van der Waals surface area contributed by atoms with Crippen LogP contribution in [-0.4, -0.2) is 18.1 Å². The number of aromatic nitrogens is 1. The molecule has 1 rings (SSSR count). The zero-order valence-electron chi connectivity index (χ0n) is 11.0. The predicted molar refractivity (Wildman–Crippen MR) is 70.0 cm³/mol. The van der Waals surface area contributed by atoms with Crippen LogP contribution in [0.4, 0.5) is 0 Å². The maximum absolute atomic E-state index is 5.37. The zero-order valence-corrected chi connectivity index (χ0v) is 11.0. The minimum Gasteiger partial charge on any atom is -0.496 e. The summed E-state index contributed by atoms with van der Waals surface area (Å²) >= 11 is 0. The summed E-state index contributed by atoms with van der Waals surface area (Å²) in [6.45, 7) is 6.81. The lowest BCUT2D eigenvalue weighted by Crippen LogP contribution is -2.25. The summed E-state index contributed by atoms with van der Waals surface area (Å²) < 4.78 is 5.37. The molecule has 1 atom stereocenters. The minimum absolute atomic E-state index is 0.300. The third-order valence-electron chi connectivity index (χ3n) is 2.79. The highest BCUT2D eigenvalue weighted by atomic mass is 16.5. The second-order valence-corrected chi connectivity index (χ2v) is 4.24. The molecule has 1 aromatic heterocycles. The van der Waals surface area contributed by atoms with Crippen LogP contribution in [0.2, 0.25) is 0 Å². The van der Waals surface area contributed by atoms with Crippen molar-refractivity contribution in [1.82, 2.24) is 10.3 Å². The van der Waals surface area contributed by atoms with Crippen molar-refractivity contribution in [1.29, 1.82) is 0 Å². The first-order chi connectivity index (χ1) is 8.10. The smallest absolute Gasteiger partial charge is 0.128 e. The van der Waals surface area contributed by atoms with E-state index in [1.807, 2.05) is 20.0 Å². The second kappa shape index (κ2) is 6.27. The fourth-order valence-corrected chi connectivity index (χ4v) is 1.77. The van der Waals surface area contributed by atoms with Gasteiger partial charge >= 0.3 is 0 Å². The molecular weight excluding hydrogens is 212 g/mol. The van der Waals surface area contributed by atoms with Gasteiger partial charge in [-0.1, -0.05) is 0 Å². The van der Waals surface area contributed by atoms with Crippen molar-refractivity contribution in [2.75, 3.05) is 7.11 Å². The monoisotopic (exact) mass is 232 g/mol. The SMILES string of the molecule is C#CCC(C)NCc1ncc(C)c(OC)c1C. The summed E-state index contributed by atoms with van der Waals surface area (Å²) in [4.78, 5) is 4.42. The molecular formula is C14H20N2O. The van der Waals surface area contributed by atoms with Crippen LogP contribution in [0.15, 0.2) is 6.20 Å². The minimum atomic E-state index is 0.300. The van der Waals surface area contributed by atoms with Crippen LogP contribution in [0.5, 0.6) is 5.75 Å². The summed E-state index contributed by atoms with van der Waals surface area (Å²) in [5, 5.41) is 3.35. The van der Waals surface area contributed by atoms with Crippen molar-refractivity contribution in [3.63, 3.8) is 0 Å². The van der Waals surface area contributed by atoms with Gasteiger partial charge < -0.3 is 10.1 Å². The van der Waals surface area contributed by atoms with Gasteiger partial charge in [0.25, 0.3) is 0 Å². The van der Waals surface area contributed by atoms with E-state index in [2.05, 4.69) is 23.1 Å². The molecule has 0 fully saturated rings. The molecule has 3 heteroatoms. The number of hydrogen-bond acceptors (Lipinski definition) is 3. The van der Waals surface area contributed by atoms with Gasteiger partial charge in [-0.2, -0.15) is 0 Å². The number of hydrogen-bond donors (Lipinski definition) is 1. The first-order valence-corrected chi connectivity index (χ1v) is 5.76. The predicted octanol–water partition coefficient (Wildman–Crippen LogP) is 2.21. The van der Waals surface area contributed by atoms with E-state index in [0.29, 0.717) is 12.6 Å². The van der Waals surface area contributed by atoms with Crippen LogP contribution in [0.1, 0.15) is 30.2 Å². The second-order valence-electron chi connectivity index (χ2n) is 4.24. The van der Waals surface area contributed by atoms with E-state index in [9.17, 15) is 0 Å². The van der Waals surface area contributed by atoms with Crippen LogP contribution < -0.4 is 10.1 Å². The molecule has 1 heterocycles. The Balaban J connectivity index is 2.76. The highest BCUT2D eigenvalue weighted by molar-refractivity contribution is 5.40. The quantitative estimate of drug-likeness (QED) is 0.790. The Morgan fingerprint density at radius 2 is 2.24 bits per heavy atom. The van der Waals surface area contributed by atoms with Crippen LogP contribution >= 0.6 is 0 Å². The van der Waals surface area contributed by atoms with E-state index >= 15 is 0 Å². The molecule has 0 saturated heterocycles. The number of nitrogens with one attached hydrogen (secondary N) is 1. The van der Waals surface area contributed by atoms with Crippen molar-refractivity contribution >= 4 is 0 Å². The Hall–Kier alpha value is -1.53. The van der Waals surface area contributed by atoms with Gasteiger partial charge in [-0.05, 0) is 20.8 Å². The Labute approximate surface area is 104 Å². The lowest BCUT2D eigenvalue weighted by atomic mass is 10.1. The molecule has 3 nitrogen and oxygen atoms in total. The van der Waals surface area contributed by atoms with Crippen LogP contribution in [0.25, 0.3) is 0 Å². The molecule has 0 aromatic carbocycles. The molecule has 0 aliphatic heterocycles. The molecule has 17 heavy (non-hydrogen) atoms. The number of aryl methyl sites for hydroxylation is 1. The molecule has 1 aromatic rings. The molecule has 92 valence electrons. The normalized spacial score (nSPS) is 11.9. The Bertz CT molecular complexity index is 421. The van der Waals surface area contributed by atoms with Crippen molar-refractivity contribution in [2.24, 2.45) is 0 Å². The molecule has 0 radical (unpaired) electrons. The molecule has 0 spiro atoms. The Kier molecular flexibility index (Phi) is 4.99. The van der Waals surface area contributed by atoms with E-state index < -0.39 is 0 Å². The fraction of sp³-hybridized carbons (Fsp3) is 0.500. The van der Waals surface area contributed by atoms with E-state index in [-0.39, 0.29) is 0 Å². The number of ether oxygens (including phenoxy) is 1. The summed E-state index contributed by atoms with van der Waals surface area (Å²) in [5.41, 5.74) is 3.16. The van der Waals surface area contributed by atoms with Crippen LogP contribution in [-0.2, 0) is 6.54 Å². The maximum atomic E-state index is 5.37. The van der Waals surface area contributed by atoms with E-state index in [1.54, 1.807) is 7.11 Å². The number of terminal acetylenes is 1. The molecule has 0 saturated carbocycles. The van der Waals surface area contributed by atoms with Gasteiger partial charge in [0.2, 0.25) is 0 Å². The number of rotatable bonds is 5. The summed E-state index contributed by atoms with van der Waals surface area (Å²) in [6, 6.07) is 0.300. The molecule has 1 N–H and O–H groups in total. The molecule has 0 aliphatic carbocycles. The largest absolute Gasteiger partial charge is 0.496 e. The third kappa shape index (κ3) is 3.47. The zero-order chi connectivity index (χ0) is 12.8. The first kappa shape index (κ1) is 13.5. The van der Waals surface area contributed by atoms with Crippen LogP contribution in [0, 0.1) is 26.2 Å². The van der Waals surface area contributed by atoms with Crippen molar-refractivity contribution < 1.29 is 4.74 Å². The highest BCUT2D eigenvalue weighted by Crippen LogP contribution is 2.23. The summed E-state index contributed by atoms with van der Waals surface area (Å²) in [7, 11) is 1.69. The van der Waals surface area contributed by atoms with Gasteiger partial charge in [-0.3, -0.25) is 4.98 Å². The highest BCUT2D eigenvalue weighted by Gasteiger charge is 2.09. The fourth-order valence-electron chi connectivity index (χ4n) is 1.77. The molecule has 0 aliphatic rings. The van der Waals surface area contributed by atoms with E-state index in [4.69, 9.17) is 11.2 Å². The third-order valence-corrected chi connectivity index (χ3v) is 2.79. The van der Waals surface area contributed by atoms with Gasteiger partial charge in [-0.25, -0.2) is 0 Å². The van der Waals surface area contributed by atoms with E-state index in [1.165, 1.54) is 0 Å². The molecule has 1 unspecified atom stereocenters. The lowest BCUT2D eigenvalue weighted by Gasteiger charge is -2.15. The average Bonchev–Trinajstić information content (AvgIpc) is 2.29. The van der Waals surface area contributed by atoms with Crippen LogP contribution in [0.3, 0.4) is 0 Å². The van der Waals surface area contributed by atoms with Gasteiger partial charge in [0.15, 0.2) is 0 Å². The van der Waals surface area contributed by atoms with Crippen molar-refractivity contribution in [3.8, 4) is 18.1 Å². The number of pyridine rings is 1. The van der Waals surface area contributed by atoms with Gasteiger partial charge in [0.1, 0.15) is 5.75 Å². The lowest BCUT2D eigenvalue weighted by molar-refractivity contribution is 0.406. The topological polar surface area (TPSA) is 34.2 Å². The van der Waals surface area contributed by atoms with Crippen molar-refractivity contribution in [3.05, 3.63) is 23.0 Å².